The Morgan fingerprint density at radius 1 is 0.839 bits per heavy atom. The molecular formula is C27H28O4. The van der Waals surface area contributed by atoms with Gasteiger partial charge in [-0.15, -0.1) is 0 Å². The zero-order valence-electron chi connectivity index (χ0n) is 18.2. The first-order valence-corrected chi connectivity index (χ1v) is 10.4. The molecule has 0 radical (unpaired) electrons. The molecule has 4 nitrogen and oxygen atoms in total. The maximum Gasteiger partial charge on any atom is 0.349 e. The van der Waals surface area contributed by atoms with Crippen molar-refractivity contribution in [2.24, 2.45) is 0 Å². The molecule has 0 spiro atoms. The van der Waals surface area contributed by atoms with Crippen LogP contribution in [-0.2, 0) is 9.53 Å². The molecule has 0 unspecified atom stereocenters. The highest BCUT2D eigenvalue weighted by Gasteiger charge is 2.31. The Hall–Kier alpha value is -3.53. The average molecular weight is 417 g/mol. The molecule has 0 heterocycles. The van der Waals surface area contributed by atoms with E-state index >= 15 is 0 Å². The van der Waals surface area contributed by atoms with Gasteiger partial charge in [-0.25, -0.2) is 4.79 Å². The first kappa shape index (κ1) is 22.2. The Morgan fingerprint density at radius 3 is 2.10 bits per heavy atom. The first-order chi connectivity index (χ1) is 15.0. The summed E-state index contributed by atoms with van der Waals surface area (Å²) >= 11 is 0. The van der Waals surface area contributed by atoms with Crippen molar-refractivity contribution in [2.45, 2.75) is 26.4 Å². The van der Waals surface area contributed by atoms with Gasteiger partial charge in [-0.3, -0.25) is 0 Å². The van der Waals surface area contributed by atoms with Crippen LogP contribution in [-0.4, -0.2) is 24.8 Å². The zero-order chi connectivity index (χ0) is 22.1. The number of esters is 1. The van der Waals surface area contributed by atoms with Crippen molar-refractivity contribution in [3.05, 3.63) is 90.5 Å². The number of carbonyl (C=O) groups excluding carboxylic acids is 1. The SMILES string of the molecule is CCOC(=O)C(C)(C)Oc1ccc(OCC=Cc2ccc(-c3ccccc3)cc2)cc1. The Kier molecular flexibility index (Phi) is 7.50. The number of benzene rings is 3. The van der Waals surface area contributed by atoms with Crippen molar-refractivity contribution in [2.75, 3.05) is 13.2 Å². The molecule has 31 heavy (non-hydrogen) atoms. The van der Waals surface area contributed by atoms with E-state index in [0.29, 0.717) is 19.0 Å². The molecule has 0 fully saturated rings. The van der Waals surface area contributed by atoms with E-state index in [0.717, 1.165) is 11.3 Å². The predicted octanol–water partition coefficient (Wildman–Crippen LogP) is 6.17. The van der Waals surface area contributed by atoms with Gasteiger partial charge in [0.2, 0.25) is 0 Å². The molecule has 0 aromatic heterocycles. The molecule has 0 N–H and O–H groups in total. The third-order valence-electron chi connectivity index (χ3n) is 4.64. The Labute approximate surface area is 184 Å². The van der Waals surface area contributed by atoms with E-state index in [1.807, 2.05) is 42.5 Å². The second-order valence-corrected chi connectivity index (χ2v) is 7.51. The molecule has 0 saturated carbocycles. The van der Waals surface area contributed by atoms with Crippen LogP contribution in [0.2, 0.25) is 0 Å². The molecule has 0 aliphatic rings. The fourth-order valence-electron chi connectivity index (χ4n) is 2.99. The number of hydrogen-bond donors (Lipinski definition) is 0. The van der Waals surface area contributed by atoms with Crippen molar-refractivity contribution >= 4 is 12.0 Å². The van der Waals surface area contributed by atoms with Crippen LogP contribution in [0.1, 0.15) is 26.3 Å². The molecule has 0 amide bonds. The summed E-state index contributed by atoms with van der Waals surface area (Å²) in [5.74, 6) is 0.919. The molecule has 0 saturated heterocycles. The molecule has 0 aliphatic heterocycles. The third-order valence-corrected chi connectivity index (χ3v) is 4.64. The number of hydrogen-bond acceptors (Lipinski definition) is 4. The molecule has 3 rings (SSSR count). The highest BCUT2D eigenvalue weighted by molar-refractivity contribution is 5.79. The smallest absolute Gasteiger partial charge is 0.349 e. The van der Waals surface area contributed by atoms with E-state index < -0.39 is 11.6 Å². The van der Waals surface area contributed by atoms with Gasteiger partial charge < -0.3 is 14.2 Å². The minimum atomic E-state index is -1.04. The summed E-state index contributed by atoms with van der Waals surface area (Å²) in [6.07, 6.45) is 4.01. The van der Waals surface area contributed by atoms with Crippen LogP contribution in [0.3, 0.4) is 0 Å². The second-order valence-electron chi connectivity index (χ2n) is 7.51. The van der Waals surface area contributed by atoms with Gasteiger partial charge in [0.05, 0.1) is 6.61 Å². The highest BCUT2D eigenvalue weighted by atomic mass is 16.6. The van der Waals surface area contributed by atoms with Gasteiger partial charge in [0.25, 0.3) is 0 Å². The third kappa shape index (κ3) is 6.48. The number of rotatable bonds is 9. The van der Waals surface area contributed by atoms with Gasteiger partial charge in [-0.05, 0) is 67.8 Å². The Bertz CT molecular complexity index is 988. The maximum absolute atomic E-state index is 11.9. The molecule has 3 aromatic rings. The van der Waals surface area contributed by atoms with Crippen molar-refractivity contribution in [3.63, 3.8) is 0 Å². The molecule has 160 valence electrons. The van der Waals surface area contributed by atoms with Gasteiger partial charge in [-0.1, -0.05) is 60.7 Å². The second kappa shape index (κ2) is 10.5. The van der Waals surface area contributed by atoms with Crippen molar-refractivity contribution < 1.29 is 19.0 Å². The summed E-state index contributed by atoms with van der Waals surface area (Å²) in [5.41, 5.74) is 2.48. The quantitative estimate of drug-likeness (QED) is 0.392. The molecule has 0 atom stereocenters. The summed E-state index contributed by atoms with van der Waals surface area (Å²) in [4.78, 5) is 11.9. The van der Waals surface area contributed by atoms with Crippen LogP contribution in [0.4, 0.5) is 0 Å². The molecule has 0 aliphatic carbocycles. The van der Waals surface area contributed by atoms with Crippen molar-refractivity contribution in [3.8, 4) is 22.6 Å². The van der Waals surface area contributed by atoms with Crippen LogP contribution in [0, 0.1) is 0 Å². The monoisotopic (exact) mass is 416 g/mol. The fourth-order valence-corrected chi connectivity index (χ4v) is 2.99. The van der Waals surface area contributed by atoms with Crippen molar-refractivity contribution in [1.29, 1.82) is 0 Å². The average Bonchev–Trinajstić information content (AvgIpc) is 2.79. The van der Waals surface area contributed by atoms with Gasteiger partial charge in [-0.2, -0.15) is 0 Å². The molecule has 3 aromatic carbocycles. The van der Waals surface area contributed by atoms with Gasteiger partial charge in [0.15, 0.2) is 5.60 Å². The minimum absolute atomic E-state index is 0.323. The van der Waals surface area contributed by atoms with Gasteiger partial charge >= 0.3 is 5.97 Å². The van der Waals surface area contributed by atoms with E-state index in [1.54, 1.807) is 32.9 Å². The predicted molar refractivity (Wildman–Crippen MR) is 124 cm³/mol. The molecule has 0 bridgehead atoms. The topological polar surface area (TPSA) is 44.8 Å². The lowest BCUT2D eigenvalue weighted by Crippen LogP contribution is -2.39. The van der Waals surface area contributed by atoms with E-state index in [-0.39, 0.29) is 0 Å². The van der Waals surface area contributed by atoms with Crippen LogP contribution in [0.15, 0.2) is 84.9 Å². The first-order valence-electron chi connectivity index (χ1n) is 10.4. The van der Waals surface area contributed by atoms with Gasteiger partial charge in [0.1, 0.15) is 18.1 Å². The van der Waals surface area contributed by atoms with E-state index in [4.69, 9.17) is 14.2 Å². The summed E-state index contributed by atoms with van der Waals surface area (Å²) in [5, 5.41) is 0. The van der Waals surface area contributed by atoms with Crippen LogP contribution >= 0.6 is 0 Å². The summed E-state index contributed by atoms with van der Waals surface area (Å²) in [6.45, 7) is 5.92. The van der Waals surface area contributed by atoms with Crippen molar-refractivity contribution in [1.82, 2.24) is 0 Å². The summed E-state index contributed by atoms with van der Waals surface area (Å²) < 4.78 is 16.5. The normalized spacial score (nSPS) is 11.3. The Morgan fingerprint density at radius 2 is 1.45 bits per heavy atom. The van der Waals surface area contributed by atoms with Crippen LogP contribution < -0.4 is 9.47 Å². The standard InChI is InChI=1S/C27H28O4/c1-4-29-26(28)27(2,3)31-25-18-16-24(17-19-25)30-20-8-9-21-12-14-23(15-13-21)22-10-6-5-7-11-22/h5-19H,4,20H2,1-3H3. The zero-order valence-corrected chi connectivity index (χ0v) is 18.2. The number of carbonyl (C=O) groups is 1. The molecular weight excluding hydrogens is 388 g/mol. The summed E-state index contributed by atoms with van der Waals surface area (Å²) in [7, 11) is 0. The van der Waals surface area contributed by atoms with Crippen LogP contribution in [0.5, 0.6) is 11.5 Å². The van der Waals surface area contributed by atoms with Gasteiger partial charge in [0, 0.05) is 0 Å². The minimum Gasteiger partial charge on any atom is -0.490 e. The number of ether oxygens (including phenoxy) is 3. The molecule has 4 heteroatoms. The van der Waals surface area contributed by atoms with E-state index in [9.17, 15) is 4.79 Å². The highest BCUT2D eigenvalue weighted by Crippen LogP contribution is 2.23. The van der Waals surface area contributed by atoms with E-state index in [2.05, 4.69) is 36.4 Å². The lowest BCUT2D eigenvalue weighted by molar-refractivity contribution is -0.158. The Balaban J connectivity index is 1.49. The fraction of sp³-hybridized carbons (Fsp3) is 0.222. The lowest BCUT2D eigenvalue weighted by Gasteiger charge is -2.24. The summed E-state index contributed by atoms with van der Waals surface area (Å²) in [6, 6.07) is 25.9. The lowest BCUT2D eigenvalue weighted by atomic mass is 10.0. The van der Waals surface area contributed by atoms with E-state index in [1.165, 1.54) is 11.1 Å². The maximum atomic E-state index is 11.9. The van der Waals surface area contributed by atoms with Crippen LogP contribution in [0.25, 0.3) is 17.2 Å². The largest absolute Gasteiger partial charge is 0.490 e.